The molecule has 1 aromatic rings. The third kappa shape index (κ3) is 4.25. The molecule has 1 aliphatic rings. The van der Waals surface area contributed by atoms with Crippen molar-refractivity contribution >= 4 is 17.9 Å². The van der Waals surface area contributed by atoms with Gasteiger partial charge >= 0.3 is 0 Å². The van der Waals surface area contributed by atoms with Gasteiger partial charge in [-0.2, -0.15) is 0 Å². The maximum absolute atomic E-state index is 12.6. The van der Waals surface area contributed by atoms with Crippen LogP contribution < -0.4 is 0 Å². The molecule has 0 aromatic heterocycles. The van der Waals surface area contributed by atoms with Gasteiger partial charge < -0.3 is 0 Å². The molecule has 0 spiro atoms. The van der Waals surface area contributed by atoms with Crippen molar-refractivity contribution in [3.05, 3.63) is 46.5 Å². The van der Waals surface area contributed by atoms with Crippen LogP contribution in [0.5, 0.6) is 0 Å². The van der Waals surface area contributed by atoms with Gasteiger partial charge in [0.2, 0.25) is 0 Å². The number of hydrogen-bond donors (Lipinski definition) is 0. The van der Waals surface area contributed by atoms with Crippen molar-refractivity contribution in [2.75, 3.05) is 0 Å². The van der Waals surface area contributed by atoms with Crippen molar-refractivity contribution in [2.24, 2.45) is 0 Å². The van der Waals surface area contributed by atoms with Crippen LogP contribution in [0.25, 0.3) is 0 Å². The highest BCUT2D eigenvalue weighted by atomic mass is 16.1. The highest BCUT2D eigenvalue weighted by Crippen LogP contribution is 2.29. The smallest absolute Gasteiger partial charge is 0.198 e. The SMILES string of the molecule is CC1=C(CCCCCCCC[C]=O)C(=O)c2ccccc2C1=O. The van der Waals surface area contributed by atoms with Crippen LogP contribution >= 0.6 is 0 Å². The molecule has 23 heavy (non-hydrogen) atoms. The summed E-state index contributed by atoms with van der Waals surface area (Å²) in [6, 6.07) is 7.07. The Morgan fingerprint density at radius 1 is 0.826 bits per heavy atom. The molecule has 0 saturated carbocycles. The summed E-state index contributed by atoms with van der Waals surface area (Å²) in [5.74, 6) is -0.000432. The second-order valence-corrected chi connectivity index (χ2v) is 6.07. The molecule has 1 radical (unpaired) electrons. The number of fused-ring (bicyclic) bond motifs is 1. The third-order valence-corrected chi connectivity index (χ3v) is 4.44. The van der Waals surface area contributed by atoms with E-state index in [1.165, 1.54) is 0 Å². The molecular formula is C20H23O3. The molecule has 2 rings (SSSR count). The Balaban J connectivity index is 1.86. The normalized spacial score (nSPS) is 14.1. The molecule has 1 aliphatic carbocycles. The first-order valence-corrected chi connectivity index (χ1v) is 8.40. The van der Waals surface area contributed by atoms with Gasteiger partial charge in [-0.15, -0.1) is 0 Å². The lowest BCUT2D eigenvalue weighted by molar-refractivity contribution is 0.0971. The summed E-state index contributed by atoms with van der Waals surface area (Å²) in [6.45, 7) is 1.77. The van der Waals surface area contributed by atoms with Gasteiger partial charge in [0.1, 0.15) is 0 Å². The van der Waals surface area contributed by atoms with Crippen LogP contribution in [0.1, 0.15) is 79.0 Å². The molecule has 0 atom stereocenters. The number of hydrogen-bond acceptors (Lipinski definition) is 3. The summed E-state index contributed by atoms with van der Waals surface area (Å²) in [5.41, 5.74) is 2.37. The first-order valence-electron chi connectivity index (χ1n) is 8.40. The number of carbonyl (C=O) groups is 2. The van der Waals surface area contributed by atoms with Gasteiger partial charge in [0.05, 0.1) is 0 Å². The van der Waals surface area contributed by atoms with Gasteiger partial charge in [0, 0.05) is 28.7 Å². The molecule has 0 amide bonds. The fourth-order valence-electron chi connectivity index (χ4n) is 3.06. The van der Waals surface area contributed by atoms with E-state index in [0.717, 1.165) is 38.5 Å². The maximum atomic E-state index is 12.6. The van der Waals surface area contributed by atoms with E-state index in [0.29, 0.717) is 35.1 Å². The van der Waals surface area contributed by atoms with Gasteiger partial charge in [-0.25, -0.2) is 0 Å². The highest BCUT2D eigenvalue weighted by molar-refractivity contribution is 6.26. The quantitative estimate of drug-likeness (QED) is 0.626. The van der Waals surface area contributed by atoms with Crippen LogP contribution in [-0.2, 0) is 4.79 Å². The highest BCUT2D eigenvalue weighted by Gasteiger charge is 2.28. The monoisotopic (exact) mass is 311 g/mol. The van der Waals surface area contributed by atoms with Crippen LogP contribution in [0.4, 0.5) is 0 Å². The summed E-state index contributed by atoms with van der Waals surface area (Å²) in [6.07, 6.45) is 9.26. The van der Waals surface area contributed by atoms with Gasteiger partial charge in [0.15, 0.2) is 17.9 Å². The van der Waals surface area contributed by atoms with Crippen LogP contribution in [0.3, 0.4) is 0 Å². The average molecular weight is 311 g/mol. The molecule has 0 unspecified atom stereocenters. The molecule has 0 heterocycles. The molecule has 0 fully saturated rings. The summed E-state index contributed by atoms with van der Waals surface area (Å²) in [7, 11) is 0. The number of Topliss-reactive ketones (excluding diaryl/α,β-unsaturated/α-hetero) is 2. The maximum Gasteiger partial charge on any atom is 0.198 e. The molecule has 3 nitrogen and oxygen atoms in total. The Labute approximate surface area is 137 Å². The largest absolute Gasteiger partial charge is 0.291 e. The first-order chi connectivity index (χ1) is 11.2. The zero-order valence-electron chi connectivity index (χ0n) is 13.7. The van der Waals surface area contributed by atoms with Gasteiger partial charge in [-0.3, -0.25) is 14.4 Å². The van der Waals surface area contributed by atoms with E-state index in [4.69, 9.17) is 0 Å². The van der Waals surface area contributed by atoms with E-state index in [1.807, 2.05) is 6.29 Å². The number of rotatable bonds is 9. The molecule has 0 aliphatic heterocycles. The van der Waals surface area contributed by atoms with Crippen molar-refractivity contribution in [1.82, 2.24) is 0 Å². The minimum atomic E-state index is -0.0136. The molecule has 3 heteroatoms. The molecular weight excluding hydrogens is 288 g/mol. The van der Waals surface area contributed by atoms with E-state index in [9.17, 15) is 14.4 Å². The van der Waals surface area contributed by atoms with Gasteiger partial charge in [-0.05, 0) is 26.2 Å². The zero-order chi connectivity index (χ0) is 16.7. The number of ketones is 2. The number of allylic oxidation sites excluding steroid dienone is 2. The molecule has 1 aromatic carbocycles. The van der Waals surface area contributed by atoms with Crippen LogP contribution in [0, 0.1) is 0 Å². The summed E-state index contributed by atoms with van der Waals surface area (Å²) in [4.78, 5) is 35.0. The van der Waals surface area contributed by atoms with Crippen molar-refractivity contribution in [3.63, 3.8) is 0 Å². The Bertz CT molecular complexity index is 626. The Kier molecular flexibility index (Phi) is 6.45. The fourth-order valence-corrected chi connectivity index (χ4v) is 3.06. The summed E-state index contributed by atoms with van der Waals surface area (Å²) < 4.78 is 0. The van der Waals surface area contributed by atoms with E-state index in [1.54, 1.807) is 31.2 Å². The minimum Gasteiger partial charge on any atom is -0.291 e. The van der Waals surface area contributed by atoms with E-state index >= 15 is 0 Å². The Morgan fingerprint density at radius 2 is 1.39 bits per heavy atom. The fraction of sp³-hybridized carbons (Fsp3) is 0.450. The average Bonchev–Trinajstić information content (AvgIpc) is 2.58. The van der Waals surface area contributed by atoms with Crippen LogP contribution in [-0.4, -0.2) is 17.9 Å². The number of carbonyl (C=O) groups excluding carboxylic acids is 3. The lowest BCUT2D eigenvalue weighted by Gasteiger charge is -2.18. The van der Waals surface area contributed by atoms with Gasteiger partial charge in [-0.1, -0.05) is 49.9 Å². The number of unbranched alkanes of at least 4 members (excludes halogenated alkanes) is 6. The predicted octanol–water partition coefficient (Wildman–Crippen LogP) is 4.61. The van der Waals surface area contributed by atoms with Crippen LogP contribution in [0.2, 0.25) is 0 Å². The molecule has 121 valence electrons. The van der Waals surface area contributed by atoms with Crippen molar-refractivity contribution in [1.29, 1.82) is 0 Å². The van der Waals surface area contributed by atoms with E-state index < -0.39 is 0 Å². The molecule has 0 bridgehead atoms. The Hall–Kier alpha value is -2.03. The van der Waals surface area contributed by atoms with Crippen LogP contribution in [0.15, 0.2) is 35.4 Å². The zero-order valence-corrected chi connectivity index (χ0v) is 13.7. The molecule has 0 N–H and O–H groups in total. The summed E-state index contributed by atoms with van der Waals surface area (Å²) >= 11 is 0. The Morgan fingerprint density at radius 3 is 2.04 bits per heavy atom. The summed E-state index contributed by atoms with van der Waals surface area (Å²) in [5, 5.41) is 0. The third-order valence-electron chi connectivity index (χ3n) is 4.44. The lowest BCUT2D eigenvalue weighted by atomic mass is 9.82. The van der Waals surface area contributed by atoms with Gasteiger partial charge in [0.25, 0.3) is 0 Å². The second-order valence-electron chi connectivity index (χ2n) is 6.07. The van der Waals surface area contributed by atoms with E-state index in [2.05, 4.69) is 0 Å². The minimum absolute atomic E-state index is 0.0132. The first kappa shape index (κ1) is 17.3. The second kappa shape index (κ2) is 8.56. The van der Waals surface area contributed by atoms with Crippen molar-refractivity contribution in [2.45, 2.75) is 58.3 Å². The molecule has 0 saturated heterocycles. The van der Waals surface area contributed by atoms with Crippen molar-refractivity contribution in [3.8, 4) is 0 Å². The van der Waals surface area contributed by atoms with Crippen molar-refractivity contribution < 1.29 is 14.4 Å². The predicted molar refractivity (Wildman–Crippen MR) is 90.4 cm³/mol. The number of benzene rings is 1. The lowest BCUT2D eigenvalue weighted by Crippen LogP contribution is -2.20. The standard InChI is InChI=1S/C20H23O3/c1-15-16(11-7-5-3-2-4-6-10-14-21)20(23)18-13-9-8-12-17(18)19(15)22/h8-9,12-13H,2-7,10-11H2,1H3. The topological polar surface area (TPSA) is 51.2 Å². The van der Waals surface area contributed by atoms with E-state index in [-0.39, 0.29) is 11.6 Å².